The first-order valence-electron chi connectivity index (χ1n) is 6.83. The van der Waals surface area contributed by atoms with Gasteiger partial charge in [0, 0.05) is 19.1 Å². The molecule has 1 N–H and O–H groups in total. The number of hydrogen-bond donors (Lipinski definition) is 1. The predicted octanol–water partition coefficient (Wildman–Crippen LogP) is 2.36. The van der Waals surface area contributed by atoms with E-state index in [2.05, 4.69) is 36.3 Å². The Balaban J connectivity index is 2.35. The van der Waals surface area contributed by atoms with Gasteiger partial charge in [0.25, 0.3) is 0 Å². The summed E-state index contributed by atoms with van der Waals surface area (Å²) >= 11 is 0. The van der Waals surface area contributed by atoms with Gasteiger partial charge in [-0.15, -0.1) is 10.2 Å². The van der Waals surface area contributed by atoms with Gasteiger partial charge in [-0.25, -0.2) is 0 Å². The molecule has 110 valence electrons. The van der Waals surface area contributed by atoms with Crippen LogP contribution in [-0.2, 0) is 17.6 Å². The number of methoxy groups -OCH3 is 1. The van der Waals surface area contributed by atoms with Crippen LogP contribution in [0.5, 0.6) is 0 Å². The van der Waals surface area contributed by atoms with Crippen molar-refractivity contribution in [3.05, 3.63) is 11.8 Å². The Morgan fingerprint density at radius 2 is 1.74 bits per heavy atom. The van der Waals surface area contributed by atoms with E-state index in [0.29, 0.717) is 18.2 Å². The number of rotatable bonds is 7. The third-order valence-corrected chi connectivity index (χ3v) is 2.86. The number of ether oxygens (including phenoxy) is 1. The molecule has 0 aliphatic rings. The van der Waals surface area contributed by atoms with Crippen LogP contribution in [0.3, 0.4) is 0 Å². The van der Waals surface area contributed by atoms with Gasteiger partial charge in [-0.1, -0.05) is 0 Å². The zero-order valence-electron chi connectivity index (χ0n) is 13.0. The van der Waals surface area contributed by atoms with Crippen molar-refractivity contribution in [2.75, 3.05) is 13.7 Å². The van der Waals surface area contributed by atoms with Crippen LogP contribution in [0.4, 0.5) is 0 Å². The van der Waals surface area contributed by atoms with Crippen LogP contribution in [0.1, 0.15) is 52.8 Å². The summed E-state index contributed by atoms with van der Waals surface area (Å²) in [4.78, 5) is 0. The van der Waals surface area contributed by atoms with Crippen molar-refractivity contribution in [3.63, 3.8) is 0 Å². The fraction of sp³-hybridized carbons (Fsp3) is 0.857. The largest absolute Gasteiger partial charge is 0.425 e. The molecule has 1 heterocycles. The van der Waals surface area contributed by atoms with E-state index in [-0.39, 0.29) is 11.1 Å². The highest BCUT2D eigenvalue weighted by molar-refractivity contribution is 4.88. The maximum Gasteiger partial charge on any atom is 0.219 e. The van der Waals surface area contributed by atoms with Gasteiger partial charge in [0.2, 0.25) is 11.8 Å². The van der Waals surface area contributed by atoms with Gasteiger partial charge in [-0.2, -0.15) is 0 Å². The van der Waals surface area contributed by atoms with Crippen LogP contribution in [0.15, 0.2) is 4.42 Å². The number of nitrogens with one attached hydrogen (secondary N) is 1. The van der Waals surface area contributed by atoms with Gasteiger partial charge in [0.15, 0.2) is 0 Å². The molecule has 0 spiro atoms. The van der Waals surface area contributed by atoms with E-state index in [1.54, 1.807) is 7.11 Å². The third kappa shape index (κ3) is 6.68. The number of aryl methyl sites for hydroxylation is 1. The second kappa shape index (κ2) is 6.48. The molecule has 1 rings (SSSR count). The first kappa shape index (κ1) is 16.1. The molecule has 1 aromatic rings. The lowest BCUT2D eigenvalue weighted by molar-refractivity contribution is 0.0179. The minimum Gasteiger partial charge on any atom is -0.425 e. The van der Waals surface area contributed by atoms with Crippen molar-refractivity contribution < 1.29 is 9.15 Å². The Kier molecular flexibility index (Phi) is 5.50. The van der Waals surface area contributed by atoms with Crippen molar-refractivity contribution in [2.24, 2.45) is 0 Å². The molecule has 0 amide bonds. The Morgan fingerprint density at radius 3 is 2.32 bits per heavy atom. The molecule has 1 aromatic heterocycles. The summed E-state index contributed by atoms with van der Waals surface area (Å²) < 4.78 is 11.0. The summed E-state index contributed by atoms with van der Waals surface area (Å²) in [6.07, 6.45) is 2.44. The van der Waals surface area contributed by atoms with E-state index in [1.807, 2.05) is 13.8 Å². The molecule has 19 heavy (non-hydrogen) atoms. The SMILES string of the molecule is COC(C)(C)Cc1nnc(CCCNC(C)(C)C)o1. The summed E-state index contributed by atoms with van der Waals surface area (Å²) in [6, 6.07) is 0. The topological polar surface area (TPSA) is 60.2 Å². The second-order valence-corrected chi connectivity index (χ2v) is 6.51. The first-order valence-corrected chi connectivity index (χ1v) is 6.83. The molecule has 0 aliphatic heterocycles. The zero-order valence-corrected chi connectivity index (χ0v) is 13.0. The highest BCUT2D eigenvalue weighted by Gasteiger charge is 2.21. The summed E-state index contributed by atoms with van der Waals surface area (Å²) in [7, 11) is 1.69. The van der Waals surface area contributed by atoms with Crippen molar-refractivity contribution in [1.82, 2.24) is 15.5 Å². The Hall–Kier alpha value is -0.940. The third-order valence-electron chi connectivity index (χ3n) is 2.86. The Labute approximate surface area is 116 Å². The van der Waals surface area contributed by atoms with Crippen LogP contribution in [0.25, 0.3) is 0 Å². The monoisotopic (exact) mass is 269 g/mol. The van der Waals surface area contributed by atoms with E-state index in [1.165, 1.54) is 0 Å². The molecule has 5 heteroatoms. The summed E-state index contributed by atoms with van der Waals surface area (Å²) in [5.74, 6) is 1.35. The molecule has 0 aromatic carbocycles. The lowest BCUT2D eigenvalue weighted by Crippen LogP contribution is -2.36. The molecule has 5 nitrogen and oxygen atoms in total. The standard InChI is InChI=1S/C14H27N3O2/c1-13(2,3)15-9-7-8-11-16-17-12(19-11)10-14(4,5)18-6/h15H,7-10H2,1-6H3. The first-order chi connectivity index (χ1) is 8.72. The van der Waals surface area contributed by atoms with Crippen LogP contribution >= 0.6 is 0 Å². The van der Waals surface area contributed by atoms with Gasteiger partial charge >= 0.3 is 0 Å². The lowest BCUT2D eigenvalue weighted by Gasteiger charge is -2.20. The highest BCUT2D eigenvalue weighted by Crippen LogP contribution is 2.15. The molecule has 0 saturated heterocycles. The van der Waals surface area contributed by atoms with Gasteiger partial charge < -0.3 is 14.5 Å². The summed E-state index contributed by atoms with van der Waals surface area (Å²) in [5.41, 5.74) is -0.111. The van der Waals surface area contributed by atoms with Crippen LogP contribution in [0, 0.1) is 0 Å². The molecular weight excluding hydrogens is 242 g/mol. The number of aromatic nitrogens is 2. The van der Waals surface area contributed by atoms with Gasteiger partial charge in [-0.05, 0) is 47.6 Å². The molecule has 0 fully saturated rings. The zero-order chi connectivity index (χ0) is 14.5. The van der Waals surface area contributed by atoms with Gasteiger partial charge in [0.1, 0.15) is 0 Å². The maximum absolute atomic E-state index is 5.62. The predicted molar refractivity (Wildman–Crippen MR) is 75.2 cm³/mol. The van der Waals surface area contributed by atoms with E-state index < -0.39 is 0 Å². The normalized spacial score (nSPS) is 12.9. The van der Waals surface area contributed by atoms with E-state index in [0.717, 1.165) is 19.4 Å². The lowest BCUT2D eigenvalue weighted by atomic mass is 10.1. The molecule has 0 bridgehead atoms. The molecule has 0 radical (unpaired) electrons. The van der Waals surface area contributed by atoms with E-state index in [4.69, 9.17) is 9.15 Å². The summed E-state index contributed by atoms with van der Waals surface area (Å²) in [6.45, 7) is 11.4. The van der Waals surface area contributed by atoms with Gasteiger partial charge in [-0.3, -0.25) is 0 Å². The van der Waals surface area contributed by atoms with Crippen LogP contribution < -0.4 is 5.32 Å². The van der Waals surface area contributed by atoms with Crippen LogP contribution in [-0.4, -0.2) is 35.0 Å². The average molecular weight is 269 g/mol. The molecular formula is C14H27N3O2. The summed E-state index contributed by atoms with van der Waals surface area (Å²) in [5, 5.41) is 11.6. The minimum atomic E-state index is -0.266. The second-order valence-electron chi connectivity index (χ2n) is 6.51. The van der Waals surface area contributed by atoms with E-state index in [9.17, 15) is 0 Å². The average Bonchev–Trinajstić information content (AvgIpc) is 2.70. The molecule has 0 atom stereocenters. The number of nitrogens with zero attached hydrogens (tertiary/aromatic N) is 2. The van der Waals surface area contributed by atoms with Crippen molar-refractivity contribution in [3.8, 4) is 0 Å². The highest BCUT2D eigenvalue weighted by atomic mass is 16.5. The number of hydrogen-bond acceptors (Lipinski definition) is 5. The minimum absolute atomic E-state index is 0.155. The molecule has 0 unspecified atom stereocenters. The fourth-order valence-corrected chi connectivity index (χ4v) is 1.60. The van der Waals surface area contributed by atoms with Crippen LogP contribution in [0.2, 0.25) is 0 Å². The van der Waals surface area contributed by atoms with Gasteiger partial charge in [0.05, 0.1) is 12.0 Å². The quantitative estimate of drug-likeness (QED) is 0.770. The maximum atomic E-state index is 5.62. The fourth-order valence-electron chi connectivity index (χ4n) is 1.60. The van der Waals surface area contributed by atoms with Crippen molar-refractivity contribution >= 4 is 0 Å². The van der Waals surface area contributed by atoms with Crippen molar-refractivity contribution in [1.29, 1.82) is 0 Å². The Bertz CT molecular complexity index is 380. The molecule has 0 saturated carbocycles. The van der Waals surface area contributed by atoms with E-state index >= 15 is 0 Å². The Morgan fingerprint density at radius 1 is 1.11 bits per heavy atom. The molecule has 0 aliphatic carbocycles. The smallest absolute Gasteiger partial charge is 0.219 e. The van der Waals surface area contributed by atoms with Crippen molar-refractivity contribution in [2.45, 2.75) is 65.0 Å².